The zero-order valence-electron chi connectivity index (χ0n) is 34.7. The van der Waals surface area contributed by atoms with Crippen LogP contribution in [0.25, 0.3) is 44.8 Å². The number of carboxylic acid groups (broad SMARTS) is 1. The minimum atomic E-state index is -0.985. The Bertz CT molecular complexity index is 2860. The minimum absolute atomic E-state index is 0.180. The van der Waals surface area contributed by atoms with E-state index < -0.39 is 11.9 Å². The number of anilines is 2. The van der Waals surface area contributed by atoms with E-state index in [0.717, 1.165) is 51.2 Å². The summed E-state index contributed by atoms with van der Waals surface area (Å²) in [6, 6.07) is 32.4. The summed E-state index contributed by atoms with van der Waals surface area (Å²) in [5.74, 6) is 0.364. The summed E-state index contributed by atoms with van der Waals surface area (Å²) in [4.78, 5) is 37.6. The quantitative estimate of drug-likeness (QED) is 0.0774. The average molecular weight is 857 g/mol. The molecule has 8 rings (SSSR count). The van der Waals surface area contributed by atoms with Crippen molar-refractivity contribution < 1.29 is 19.4 Å². The highest BCUT2D eigenvalue weighted by Gasteiger charge is 2.15. The lowest BCUT2D eigenvalue weighted by atomic mass is 10.0. The fourth-order valence-corrected chi connectivity index (χ4v) is 7.20. The van der Waals surface area contributed by atoms with Gasteiger partial charge in [-0.1, -0.05) is 47.5 Å². The lowest BCUT2D eigenvalue weighted by Crippen LogP contribution is -2.20. The maximum absolute atomic E-state index is 11.1. The molecule has 0 aliphatic rings. The van der Waals surface area contributed by atoms with Crippen LogP contribution in [0.3, 0.4) is 0 Å². The maximum atomic E-state index is 11.1. The van der Waals surface area contributed by atoms with Gasteiger partial charge >= 0.3 is 5.97 Å². The Morgan fingerprint density at radius 2 is 1.25 bits per heavy atom. The van der Waals surface area contributed by atoms with Crippen LogP contribution in [0.4, 0.5) is 11.4 Å². The average Bonchev–Trinajstić information content (AvgIpc) is 3.83. The lowest BCUT2D eigenvalue weighted by Gasteiger charge is -2.11. The van der Waals surface area contributed by atoms with Gasteiger partial charge in [0.1, 0.15) is 17.4 Å². The number of carbonyl (C=O) groups excluding carboxylic acids is 1. The van der Waals surface area contributed by atoms with Crippen molar-refractivity contribution in [3.63, 3.8) is 0 Å². The van der Waals surface area contributed by atoms with E-state index in [1.807, 2.05) is 56.3 Å². The molecule has 2 aromatic heterocycles. The number of aromatic carboxylic acids is 1. The van der Waals surface area contributed by atoms with Crippen molar-refractivity contribution in [1.29, 1.82) is 0 Å². The van der Waals surface area contributed by atoms with Crippen LogP contribution in [0.5, 0.6) is 5.75 Å². The number of hydrogen-bond acceptors (Lipinski definition) is 7. The number of primary amides is 1. The zero-order valence-corrected chi connectivity index (χ0v) is 36.2. The van der Waals surface area contributed by atoms with Gasteiger partial charge in [-0.2, -0.15) is 0 Å². The Kier molecular flexibility index (Phi) is 13.7. The number of rotatable bonds is 9. The molecule has 8 aromatic rings. The smallest absolute Gasteiger partial charge is 0.335 e. The molecule has 0 bridgehead atoms. The Morgan fingerprint density at radius 3 is 1.82 bits per heavy atom. The molecule has 0 aliphatic carbocycles. The van der Waals surface area contributed by atoms with Crippen LogP contribution in [0.15, 0.2) is 103 Å². The number of benzene rings is 6. The summed E-state index contributed by atoms with van der Waals surface area (Å²) in [5, 5.41) is 13.7. The summed E-state index contributed by atoms with van der Waals surface area (Å²) < 4.78 is 5.35. The summed E-state index contributed by atoms with van der Waals surface area (Å²) in [5.41, 5.74) is 25.7. The van der Waals surface area contributed by atoms with E-state index in [0.29, 0.717) is 38.5 Å². The van der Waals surface area contributed by atoms with Gasteiger partial charge in [-0.3, -0.25) is 4.79 Å². The van der Waals surface area contributed by atoms with Crippen LogP contribution in [-0.4, -0.2) is 43.5 Å². The van der Waals surface area contributed by atoms with Gasteiger partial charge in [0.25, 0.3) is 5.91 Å². The molecule has 11 nitrogen and oxygen atoms in total. The first-order chi connectivity index (χ1) is 29.1. The number of nitrogen functional groups attached to an aromatic ring is 1. The predicted molar refractivity (Wildman–Crippen MR) is 248 cm³/mol. The lowest BCUT2D eigenvalue weighted by molar-refractivity contribution is -0.119. The van der Waals surface area contributed by atoms with E-state index in [-0.39, 0.29) is 12.2 Å². The summed E-state index contributed by atoms with van der Waals surface area (Å²) in [6.45, 7) is 12.8. The number of nitrogens with zero attached hydrogens (tertiary/aromatic N) is 2. The molecule has 13 heteroatoms. The van der Waals surface area contributed by atoms with Crippen molar-refractivity contribution in [3.8, 4) is 28.5 Å². The Labute approximate surface area is 364 Å². The minimum Gasteiger partial charge on any atom is -0.484 e. The van der Waals surface area contributed by atoms with Gasteiger partial charge in [0.2, 0.25) is 0 Å². The first-order valence-corrected chi connectivity index (χ1v) is 20.1. The highest BCUT2D eigenvalue weighted by molar-refractivity contribution is 6.39. The molecule has 8 N–H and O–H groups in total. The number of aromatic amines is 2. The number of fused-ring (bicyclic) bond motifs is 2. The van der Waals surface area contributed by atoms with E-state index in [1.165, 1.54) is 33.9 Å². The van der Waals surface area contributed by atoms with Gasteiger partial charge in [0.15, 0.2) is 6.61 Å². The van der Waals surface area contributed by atoms with Gasteiger partial charge in [0, 0.05) is 23.5 Å². The summed E-state index contributed by atoms with van der Waals surface area (Å²) in [7, 11) is 0. The number of imidazole rings is 2. The van der Waals surface area contributed by atoms with Crippen LogP contribution in [0.2, 0.25) is 10.0 Å². The molecular formula is C48H47Cl2N7O4. The third-order valence-corrected chi connectivity index (χ3v) is 10.8. The van der Waals surface area contributed by atoms with Crippen LogP contribution in [0.1, 0.15) is 49.3 Å². The maximum Gasteiger partial charge on any atom is 0.335 e. The van der Waals surface area contributed by atoms with Crippen molar-refractivity contribution in [2.24, 2.45) is 5.73 Å². The largest absolute Gasteiger partial charge is 0.484 e. The zero-order chi connectivity index (χ0) is 44.0. The van der Waals surface area contributed by atoms with Gasteiger partial charge in [0.05, 0.1) is 43.2 Å². The third-order valence-electron chi connectivity index (χ3n) is 10.1. The van der Waals surface area contributed by atoms with E-state index in [4.69, 9.17) is 44.5 Å². The first-order valence-electron chi connectivity index (χ1n) is 19.4. The molecule has 6 aromatic carbocycles. The second kappa shape index (κ2) is 19.1. The van der Waals surface area contributed by atoms with Crippen molar-refractivity contribution in [3.05, 3.63) is 158 Å². The van der Waals surface area contributed by atoms with Crippen LogP contribution in [0, 0.1) is 41.5 Å². The number of amides is 1. The Hall–Kier alpha value is -6.82. The molecule has 0 saturated heterocycles. The second-order valence-electron chi connectivity index (χ2n) is 14.8. The second-order valence-corrected chi connectivity index (χ2v) is 15.7. The summed E-state index contributed by atoms with van der Waals surface area (Å²) >= 11 is 12.6. The fourth-order valence-electron chi connectivity index (χ4n) is 6.63. The van der Waals surface area contributed by atoms with Crippen LogP contribution < -0.4 is 21.5 Å². The molecule has 0 radical (unpaired) electrons. The van der Waals surface area contributed by atoms with Crippen LogP contribution >= 0.6 is 23.2 Å². The van der Waals surface area contributed by atoms with Crippen molar-refractivity contribution >= 4 is 68.5 Å². The molecule has 0 aliphatic heterocycles. The van der Waals surface area contributed by atoms with Crippen molar-refractivity contribution in [1.82, 2.24) is 19.9 Å². The van der Waals surface area contributed by atoms with E-state index in [9.17, 15) is 9.59 Å². The summed E-state index contributed by atoms with van der Waals surface area (Å²) in [6.07, 6.45) is 0. The number of nitrogens with two attached hydrogens (primary N) is 2. The van der Waals surface area contributed by atoms with Gasteiger partial charge in [-0.25, -0.2) is 14.8 Å². The molecule has 61 heavy (non-hydrogen) atoms. The molecule has 0 unspecified atom stereocenters. The Morgan fingerprint density at radius 1 is 0.672 bits per heavy atom. The number of aromatic nitrogens is 4. The first kappa shape index (κ1) is 43.8. The van der Waals surface area contributed by atoms with Gasteiger partial charge in [-0.05, 0) is 159 Å². The fraction of sp³-hybridized carbons (Fsp3) is 0.167. The SMILES string of the molecule is Cc1cc(OCC(N)=O)cc(C)c1-c1nc2ccc(C(=O)O)cc2[nH]1.Cc1ccc(N)cc1C.Cc1ccc(NCc2ccc3nc(-c4c(Cl)cccc4Cl)[nH]c3c2)cc1C. The van der Waals surface area contributed by atoms with Crippen molar-refractivity contribution in [2.45, 2.75) is 48.1 Å². The number of hydrogen-bond donors (Lipinski definition) is 6. The number of H-pyrrole nitrogens is 2. The van der Waals surface area contributed by atoms with Crippen LogP contribution in [-0.2, 0) is 11.3 Å². The topological polar surface area (TPSA) is 185 Å². The predicted octanol–water partition coefficient (Wildman–Crippen LogP) is 11.1. The molecule has 0 saturated carbocycles. The standard InChI is InChI=1S/C22H19Cl2N3.C18H17N3O4.C8H11N/c1-13-6-8-16(10-14(13)2)25-12-15-7-9-19-20(11-15)27-22(26-19)21-17(23)4-3-5-18(21)24;1-9-5-12(25-8-15(19)22)6-10(2)16(9)17-20-13-4-3-11(18(23)24)7-14(13)21-17;1-6-3-4-8(9)5-7(6)2/h3-11,25H,12H2,1-2H3,(H,26,27);3-7H,8H2,1-2H3,(H2,19,22)(H,20,21)(H,23,24);3-5H,9H2,1-2H3. The van der Waals surface area contributed by atoms with Gasteiger partial charge < -0.3 is 36.6 Å². The number of nitrogens with one attached hydrogen (secondary N) is 3. The van der Waals surface area contributed by atoms with Gasteiger partial charge in [-0.15, -0.1) is 0 Å². The molecule has 0 fully saturated rings. The number of carbonyl (C=O) groups is 2. The molecule has 312 valence electrons. The molecule has 0 atom stereocenters. The Balaban J connectivity index is 0.000000170. The third kappa shape index (κ3) is 10.9. The van der Waals surface area contributed by atoms with E-state index >= 15 is 0 Å². The van der Waals surface area contributed by atoms with E-state index in [1.54, 1.807) is 24.3 Å². The highest BCUT2D eigenvalue weighted by Crippen LogP contribution is 2.34. The number of aryl methyl sites for hydroxylation is 6. The van der Waals surface area contributed by atoms with E-state index in [2.05, 4.69) is 83.3 Å². The monoisotopic (exact) mass is 855 g/mol. The molecule has 2 heterocycles. The number of halogens is 2. The molecule has 1 amide bonds. The molecular weight excluding hydrogens is 809 g/mol. The van der Waals surface area contributed by atoms with Crippen molar-refractivity contribution in [2.75, 3.05) is 17.7 Å². The molecule has 0 spiro atoms. The normalized spacial score (nSPS) is 10.8. The number of ether oxygens (including phenoxy) is 1. The highest BCUT2D eigenvalue weighted by atomic mass is 35.5. The number of carboxylic acids is 1.